The zero-order chi connectivity index (χ0) is 20.0. The number of rotatable bonds is 7. The standard InChI is InChI=1S/C18H20N4O5/c1-10(23)20-14-9-12(5-8-15(14)27-2)16(18(24)25)21-13-6-3-11(4-7-13)17(19)22-26/h3-9,16,21,26H,1-2H3,(H2,19,22)(H,20,23)(H,24,25). The first-order valence-electron chi connectivity index (χ1n) is 7.88. The zero-order valence-corrected chi connectivity index (χ0v) is 14.8. The molecule has 0 saturated carbocycles. The van der Waals surface area contributed by atoms with Gasteiger partial charge in [-0.2, -0.15) is 0 Å². The van der Waals surface area contributed by atoms with Crippen LogP contribution in [0.2, 0.25) is 0 Å². The second kappa shape index (κ2) is 8.56. The lowest BCUT2D eigenvalue weighted by molar-refractivity contribution is -0.138. The van der Waals surface area contributed by atoms with E-state index in [9.17, 15) is 14.7 Å². The van der Waals surface area contributed by atoms with Crippen LogP contribution >= 0.6 is 0 Å². The SMILES string of the molecule is COc1ccc(C(Nc2ccc(/C(N)=N/O)cc2)C(=O)O)cc1NC(C)=O. The number of anilines is 2. The fourth-order valence-corrected chi connectivity index (χ4v) is 2.44. The van der Waals surface area contributed by atoms with Gasteiger partial charge in [0.2, 0.25) is 5.91 Å². The number of carbonyl (C=O) groups is 2. The molecule has 2 aromatic carbocycles. The summed E-state index contributed by atoms with van der Waals surface area (Å²) in [6, 6.07) is 10.1. The number of aliphatic carboxylic acids is 1. The Morgan fingerprint density at radius 2 is 1.85 bits per heavy atom. The van der Waals surface area contributed by atoms with Gasteiger partial charge in [-0.05, 0) is 42.0 Å². The number of carbonyl (C=O) groups excluding carboxylic acids is 1. The second-order valence-electron chi connectivity index (χ2n) is 5.62. The van der Waals surface area contributed by atoms with Crippen LogP contribution in [0.15, 0.2) is 47.6 Å². The highest BCUT2D eigenvalue weighted by molar-refractivity contribution is 5.97. The van der Waals surface area contributed by atoms with E-state index in [-0.39, 0.29) is 11.7 Å². The molecule has 2 rings (SSSR count). The van der Waals surface area contributed by atoms with E-state index in [1.54, 1.807) is 36.4 Å². The van der Waals surface area contributed by atoms with Crippen LogP contribution in [-0.4, -0.2) is 35.1 Å². The van der Waals surface area contributed by atoms with Crippen molar-refractivity contribution in [3.63, 3.8) is 0 Å². The van der Waals surface area contributed by atoms with E-state index in [2.05, 4.69) is 15.8 Å². The average molecular weight is 372 g/mol. The third-order valence-corrected chi connectivity index (χ3v) is 3.71. The van der Waals surface area contributed by atoms with E-state index in [1.807, 2.05) is 0 Å². The van der Waals surface area contributed by atoms with Gasteiger partial charge in [-0.1, -0.05) is 11.2 Å². The Morgan fingerprint density at radius 3 is 2.37 bits per heavy atom. The smallest absolute Gasteiger partial charge is 0.330 e. The van der Waals surface area contributed by atoms with E-state index in [1.165, 1.54) is 20.1 Å². The summed E-state index contributed by atoms with van der Waals surface area (Å²) in [5.74, 6) is -1.04. The number of carboxylic acid groups (broad SMARTS) is 1. The van der Waals surface area contributed by atoms with Gasteiger partial charge in [0.25, 0.3) is 0 Å². The molecule has 27 heavy (non-hydrogen) atoms. The topological polar surface area (TPSA) is 146 Å². The van der Waals surface area contributed by atoms with E-state index in [4.69, 9.17) is 15.7 Å². The fraction of sp³-hybridized carbons (Fsp3) is 0.167. The Kier molecular flexibility index (Phi) is 6.21. The number of carboxylic acids is 1. The summed E-state index contributed by atoms with van der Waals surface area (Å²) >= 11 is 0. The van der Waals surface area contributed by atoms with E-state index in [0.29, 0.717) is 28.3 Å². The Labute approximate surface area is 155 Å². The molecule has 1 amide bonds. The molecule has 1 atom stereocenters. The maximum absolute atomic E-state index is 11.8. The van der Waals surface area contributed by atoms with Gasteiger partial charge in [0, 0.05) is 18.2 Å². The number of ether oxygens (including phenoxy) is 1. The molecule has 0 bridgehead atoms. The van der Waals surface area contributed by atoms with Crippen molar-refractivity contribution in [1.29, 1.82) is 0 Å². The van der Waals surface area contributed by atoms with E-state index in [0.717, 1.165) is 0 Å². The van der Waals surface area contributed by atoms with Crippen molar-refractivity contribution >= 4 is 29.1 Å². The number of nitrogens with two attached hydrogens (primary N) is 1. The van der Waals surface area contributed by atoms with Crippen molar-refractivity contribution in [3.05, 3.63) is 53.6 Å². The van der Waals surface area contributed by atoms with Crippen molar-refractivity contribution in [1.82, 2.24) is 0 Å². The van der Waals surface area contributed by atoms with Crippen molar-refractivity contribution in [2.24, 2.45) is 10.9 Å². The molecule has 0 aliphatic heterocycles. The lowest BCUT2D eigenvalue weighted by Crippen LogP contribution is -2.21. The predicted molar refractivity (Wildman–Crippen MR) is 100 cm³/mol. The molecule has 9 nitrogen and oxygen atoms in total. The summed E-state index contributed by atoms with van der Waals surface area (Å²) in [4.78, 5) is 23.1. The molecule has 0 heterocycles. The normalized spacial score (nSPS) is 12.1. The number of amides is 1. The Bertz CT molecular complexity index is 865. The molecule has 0 radical (unpaired) electrons. The molecule has 1 unspecified atom stereocenters. The highest BCUT2D eigenvalue weighted by Gasteiger charge is 2.21. The van der Waals surface area contributed by atoms with Gasteiger partial charge >= 0.3 is 5.97 Å². The molecule has 0 aliphatic carbocycles. The van der Waals surface area contributed by atoms with Gasteiger partial charge in [0.1, 0.15) is 5.75 Å². The number of nitrogens with zero attached hydrogens (tertiary/aromatic N) is 1. The molecule has 0 fully saturated rings. The molecule has 142 valence electrons. The number of hydrogen-bond acceptors (Lipinski definition) is 6. The summed E-state index contributed by atoms with van der Waals surface area (Å²) < 4.78 is 5.18. The molecule has 0 aliphatic rings. The Hall–Kier alpha value is -3.75. The molecule has 0 spiro atoms. The third-order valence-electron chi connectivity index (χ3n) is 3.71. The maximum atomic E-state index is 11.8. The molecule has 0 aromatic heterocycles. The Balaban J connectivity index is 2.32. The van der Waals surface area contributed by atoms with Crippen molar-refractivity contribution in [3.8, 4) is 5.75 Å². The number of amidine groups is 1. The van der Waals surface area contributed by atoms with Gasteiger partial charge in [-0.3, -0.25) is 4.79 Å². The Morgan fingerprint density at radius 1 is 1.19 bits per heavy atom. The molecule has 2 aromatic rings. The maximum Gasteiger partial charge on any atom is 0.330 e. The minimum atomic E-state index is -1.10. The molecular weight excluding hydrogens is 352 g/mol. The van der Waals surface area contributed by atoms with E-state index >= 15 is 0 Å². The number of hydrogen-bond donors (Lipinski definition) is 5. The summed E-state index contributed by atoms with van der Waals surface area (Å²) in [5, 5.41) is 26.7. The minimum absolute atomic E-state index is 0.0496. The average Bonchev–Trinajstić information content (AvgIpc) is 2.65. The largest absolute Gasteiger partial charge is 0.495 e. The van der Waals surface area contributed by atoms with E-state index < -0.39 is 12.0 Å². The van der Waals surface area contributed by atoms with Crippen molar-refractivity contribution in [2.45, 2.75) is 13.0 Å². The summed E-state index contributed by atoms with van der Waals surface area (Å²) in [6.45, 7) is 1.35. The van der Waals surface area contributed by atoms with Crippen molar-refractivity contribution in [2.75, 3.05) is 17.7 Å². The summed E-state index contributed by atoms with van der Waals surface area (Å²) in [5.41, 5.74) is 7.32. The van der Waals surface area contributed by atoms with Crippen molar-refractivity contribution < 1.29 is 24.6 Å². The van der Waals surface area contributed by atoms with Gasteiger partial charge in [-0.25, -0.2) is 4.79 Å². The first-order valence-corrected chi connectivity index (χ1v) is 7.88. The molecule has 9 heteroatoms. The van der Waals surface area contributed by atoms with Crippen LogP contribution in [0.5, 0.6) is 5.75 Å². The van der Waals surface area contributed by atoms with Gasteiger partial charge in [0.15, 0.2) is 11.9 Å². The van der Waals surface area contributed by atoms with Gasteiger partial charge in [-0.15, -0.1) is 0 Å². The minimum Gasteiger partial charge on any atom is -0.495 e. The lowest BCUT2D eigenvalue weighted by atomic mass is 10.0. The molecule has 6 N–H and O–H groups in total. The van der Waals surface area contributed by atoms with Crippen LogP contribution in [0.4, 0.5) is 11.4 Å². The lowest BCUT2D eigenvalue weighted by Gasteiger charge is -2.18. The third kappa shape index (κ3) is 4.88. The predicted octanol–water partition coefficient (Wildman–Crippen LogP) is 1.99. The van der Waals surface area contributed by atoms with Crippen LogP contribution in [0.3, 0.4) is 0 Å². The monoisotopic (exact) mass is 372 g/mol. The van der Waals surface area contributed by atoms with Crippen LogP contribution in [0.25, 0.3) is 0 Å². The van der Waals surface area contributed by atoms with Crippen LogP contribution in [0.1, 0.15) is 24.1 Å². The summed E-state index contributed by atoms with van der Waals surface area (Å²) in [6.07, 6.45) is 0. The summed E-state index contributed by atoms with van der Waals surface area (Å²) in [7, 11) is 1.45. The first-order chi connectivity index (χ1) is 12.8. The van der Waals surface area contributed by atoms with Crippen LogP contribution < -0.4 is 21.1 Å². The number of oxime groups is 1. The highest BCUT2D eigenvalue weighted by Crippen LogP contribution is 2.30. The van der Waals surface area contributed by atoms with Gasteiger partial charge < -0.3 is 31.4 Å². The number of nitrogens with one attached hydrogen (secondary N) is 2. The van der Waals surface area contributed by atoms with Crippen LogP contribution in [0, 0.1) is 0 Å². The second-order valence-corrected chi connectivity index (χ2v) is 5.62. The molecule has 0 saturated heterocycles. The number of methoxy groups -OCH3 is 1. The zero-order valence-electron chi connectivity index (χ0n) is 14.8. The molecular formula is C18H20N4O5. The number of benzene rings is 2. The quantitative estimate of drug-likeness (QED) is 0.216. The van der Waals surface area contributed by atoms with Gasteiger partial charge in [0.05, 0.1) is 12.8 Å². The van der Waals surface area contributed by atoms with Crippen LogP contribution in [-0.2, 0) is 9.59 Å². The highest BCUT2D eigenvalue weighted by atomic mass is 16.5. The first kappa shape index (κ1) is 19.6. The fourth-order valence-electron chi connectivity index (χ4n) is 2.44.